The van der Waals surface area contributed by atoms with Gasteiger partial charge in [0.1, 0.15) is 5.49 Å². The number of ether oxygens (including phenoxy) is 1. The van der Waals surface area contributed by atoms with E-state index < -0.39 is 0 Å². The van der Waals surface area contributed by atoms with Crippen molar-refractivity contribution in [2.75, 3.05) is 18.9 Å². The first kappa shape index (κ1) is 20.9. The fraction of sp³-hybridized carbons (Fsp3) is 0.400. The lowest BCUT2D eigenvalue weighted by Crippen LogP contribution is -2.33. The molecule has 1 aliphatic rings. The predicted octanol–water partition coefficient (Wildman–Crippen LogP) is 2.89. The summed E-state index contributed by atoms with van der Waals surface area (Å²) in [6.45, 7) is 5.05. The predicted molar refractivity (Wildman–Crippen MR) is 116 cm³/mol. The third-order valence-corrected chi connectivity index (χ3v) is 6.43. The molecule has 1 aliphatic heterocycles. The molecule has 0 saturated carbocycles. The quantitative estimate of drug-likeness (QED) is 0.398. The molecule has 0 bridgehead atoms. The fourth-order valence-corrected chi connectivity index (χ4v) is 4.40. The van der Waals surface area contributed by atoms with Gasteiger partial charge in [-0.15, -0.1) is 0 Å². The number of nitrogens with one attached hydrogen (secondary N) is 3. The molecule has 1 unspecified atom stereocenters. The van der Waals surface area contributed by atoms with E-state index in [1.165, 1.54) is 11.8 Å². The van der Waals surface area contributed by atoms with Crippen LogP contribution in [0.5, 0.6) is 0 Å². The molecule has 30 heavy (non-hydrogen) atoms. The van der Waals surface area contributed by atoms with Crippen LogP contribution in [0.4, 0.5) is 0 Å². The summed E-state index contributed by atoms with van der Waals surface area (Å²) in [4.78, 5) is 17.0. The maximum atomic E-state index is 12.4. The van der Waals surface area contributed by atoms with E-state index in [9.17, 15) is 4.79 Å². The number of halogens is 1. The molecule has 8 nitrogen and oxygen atoms in total. The lowest BCUT2D eigenvalue weighted by atomic mass is 10.2. The van der Waals surface area contributed by atoms with Crippen LogP contribution in [0.2, 0.25) is 5.02 Å². The van der Waals surface area contributed by atoms with Gasteiger partial charge in [-0.25, -0.2) is 4.98 Å². The van der Waals surface area contributed by atoms with Gasteiger partial charge in [-0.1, -0.05) is 23.4 Å². The standard InChI is InChI=1S/C20H23ClN6O2S/c1-11-8-13(5-6-15(11)21)27-18(22)17-12(2)25-26-19(17)24-20(27)30-10-16(28)23-9-14-4-3-7-29-14/h5-6,8,14,22H,3-4,7,9-10H2,1-2H3,(H,23,28)(H,25,26). The highest BCUT2D eigenvalue weighted by Crippen LogP contribution is 2.24. The number of carbonyl (C=O) groups is 1. The van der Waals surface area contributed by atoms with Crippen molar-refractivity contribution >= 4 is 40.3 Å². The highest BCUT2D eigenvalue weighted by atomic mass is 35.5. The summed E-state index contributed by atoms with van der Waals surface area (Å²) in [6.07, 6.45) is 2.11. The summed E-state index contributed by atoms with van der Waals surface area (Å²) in [6, 6.07) is 5.55. The summed E-state index contributed by atoms with van der Waals surface area (Å²) in [5, 5.41) is 20.6. The molecule has 0 spiro atoms. The van der Waals surface area contributed by atoms with Crippen molar-refractivity contribution in [2.45, 2.75) is 37.9 Å². The van der Waals surface area contributed by atoms with Gasteiger partial charge < -0.3 is 10.1 Å². The minimum Gasteiger partial charge on any atom is -0.376 e. The van der Waals surface area contributed by atoms with Gasteiger partial charge in [0.25, 0.3) is 0 Å². The maximum Gasteiger partial charge on any atom is 0.230 e. The van der Waals surface area contributed by atoms with Crippen molar-refractivity contribution in [2.24, 2.45) is 0 Å². The summed E-state index contributed by atoms with van der Waals surface area (Å²) in [5.74, 6) is 0.0849. The van der Waals surface area contributed by atoms with E-state index in [4.69, 9.17) is 21.7 Å². The number of nitrogens with zero attached hydrogens (tertiary/aromatic N) is 3. The van der Waals surface area contributed by atoms with Crippen molar-refractivity contribution in [3.05, 3.63) is 40.0 Å². The highest BCUT2D eigenvalue weighted by Gasteiger charge is 2.18. The molecule has 0 aliphatic carbocycles. The second-order valence-electron chi connectivity index (χ2n) is 7.29. The second kappa shape index (κ2) is 8.79. The monoisotopic (exact) mass is 446 g/mol. The Labute approximate surface area is 182 Å². The van der Waals surface area contributed by atoms with E-state index in [0.717, 1.165) is 36.4 Å². The first-order chi connectivity index (χ1) is 14.4. The minimum absolute atomic E-state index is 0.0963. The average molecular weight is 447 g/mol. The van der Waals surface area contributed by atoms with Crippen LogP contribution in [0.3, 0.4) is 0 Å². The zero-order valence-electron chi connectivity index (χ0n) is 16.8. The van der Waals surface area contributed by atoms with E-state index in [0.29, 0.717) is 27.8 Å². The minimum atomic E-state index is -0.0963. The molecule has 1 saturated heterocycles. The van der Waals surface area contributed by atoms with Gasteiger partial charge in [0.2, 0.25) is 5.91 Å². The summed E-state index contributed by atoms with van der Waals surface area (Å²) >= 11 is 7.46. The lowest BCUT2D eigenvalue weighted by molar-refractivity contribution is -0.119. The van der Waals surface area contributed by atoms with E-state index in [1.807, 2.05) is 26.0 Å². The van der Waals surface area contributed by atoms with Gasteiger partial charge in [-0.05, 0) is 50.5 Å². The maximum absolute atomic E-state index is 12.4. The first-order valence-corrected chi connectivity index (χ1v) is 11.1. The Balaban J connectivity index is 1.63. The van der Waals surface area contributed by atoms with Crippen LogP contribution in [-0.4, -0.2) is 50.7 Å². The number of aryl methyl sites for hydroxylation is 2. The van der Waals surface area contributed by atoms with Gasteiger partial charge in [-0.3, -0.25) is 19.9 Å². The molecule has 4 rings (SSSR count). The first-order valence-electron chi connectivity index (χ1n) is 9.74. The number of fused-ring (bicyclic) bond motifs is 1. The van der Waals surface area contributed by atoms with Crippen LogP contribution >= 0.6 is 23.4 Å². The molecule has 2 aromatic heterocycles. The van der Waals surface area contributed by atoms with Crippen LogP contribution in [0.25, 0.3) is 16.7 Å². The van der Waals surface area contributed by atoms with Crippen LogP contribution in [-0.2, 0) is 9.53 Å². The molecular weight excluding hydrogens is 424 g/mol. The molecule has 1 atom stereocenters. The number of aromatic nitrogens is 4. The largest absolute Gasteiger partial charge is 0.376 e. The molecule has 158 valence electrons. The third kappa shape index (κ3) is 4.23. The third-order valence-electron chi connectivity index (χ3n) is 5.06. The number of amides is 1. The lowest BCUT2D eigenvalue weighted by Gasteiger charge is -2.15. The van der Waals surface area contributed by atoms with Gasteiger partial charge >= 0.3 is 0 Å². The molecule has 3 heterocycles. The van der Waals surface area contributed by atoms with Crippen LogP contribution in [0, 0.1) is 19.3 Å². The number of benzene rings is 1. The second-order valence-corrected chi connectivity index (χ2v) is 8.64. The Morgan fingerprint density at radius 2 is 2.30 bits per heavy atom. The van der Waals surface area contributed by atoms with Crippen LogP contribution in [0.15, 0.2) is 23.4 Å². The molecule has 1 aromatic carbocycles. The fourth-order valence-electron chi connectivity index (χ4n) is 3.45. The number of aromatic amines is 1. The average Bonchev–Trinajstić information content (AvgIpc) is 3.37. The van der Waals surface area contributed by atoms with Crippen LogP contribution in [0.1, 0.15) is 24.1 Å². The Kier molecular flexibility index (Phi) is 6.12. The van der Waals surface area contributed by atoms with Crippen molar-refractivity contribution in [1.82, 2.24) is 25.1 Å². The topological polar surface area (TPSA) is 109 Å². The van der Waals surface area contributed by atoms with Gasteiger partial charge in [0.15, 0.2) is 10.8 Å². The van der Waals surface area contributed by atoms with Crippen LogP contribution < -0.4 is 10.8 Å². The van der Waals surface area contributed by atoms with E-state index in [-0.39, 0.29) is 23.3 Å². The van der Waals surface area contributed by atoms with Crippen molar-refractivity contribution < 1.29 is 9.53 Å². The Hall–Kier alpha value is -2.36. The summed E-state index contributed by atoms with van der Waals surface area (Å²) in [5.41, 5.74) is 3.15. The zero-order valence-corrected chi connectivity index (χ0v) is 18.4. The summed E-state index contributed by atoms with van der Waals surface area (Å²) in [7, 11) is 0. The van der Waals surface area contributed by atoms with Gasteiger partial charge in [0.05, 0.1) is 17.2 Å². The SMILES string of the molecule is Cc1cc(-n2c(SCC(=O)NCC3CCCO3)nc3n[nH]c(C)c3c2=N)ccc1Cl. The number of hydrogen-bond donors (Lipinski definition) is 3. The number of carbonyl (C=O) groups excluding carboxylic acids is 1. The van der Waals surface area contributed by atoms with Gasteiger partial charge in [0, 0.05) is 29.6 Å². The number of H-pyrrole nitrogens is 1. The molecule has 3 aromatic rings. The van der Waals surface area contributed by atoms with Crippen molar-refractivity contribution in [3.63, 3.8) is 0 Å². The molecule has 3 N–H and O–H groups in total. The molecule has 1 fully saturated rings. The smallest absolute Gasteiger partial charge is 0.230 e. The molecule has 10 heteroatoms. The van der Waals surface area contributed by atoms with E-state index in [1.54, 1.807) is 10.6 Å². The zero-order chi connectivity index (χ0) is 21.3. The Morgan fingerprint density at radius 3 is 3.03 bits per heavy atom. The molecule has 0 radical (unpaired) electrons. The Morgan fingerprint density at radius 1 is 1.47 bits per heavy atom. The molecular formula is C20H23ClN6O2S. The Bertz CT molecular complexity index is 1150. The van der Waals surface area contributed by atoms with Gasteiger partial charge in [-0.2, -0.15) is 5.10 Å². The molecule has 1 amide bonds. The van der Waals surface area contributed by atoms with Crippen molar-refractivity contribution in [3.8, 4) is 5.69 Å². The van der Waals surface area contributed by atoms with E-state index in [2.05, 4.69) is 20.5 Å². The summed E-state index contributed by atoms with van der Waals surface area (Å²) < 4.78 is 7.27. The number of rotatable bonds is 6. The number of hydrogen-bond acceptors (Lipinski definition) is 6. The number of thioether (sulfide) groups is 1. The highest BCUT2D eigenvalue weighted by molar-refractivity contribution is 7.99. The normalized spacial score (nSPS) is 16.3. The van der Waals surface area contributed by atoms with Crippen molar-refractivity contribution in [1.29, 1.82) is 5.41 Å². The van der Waals surface area contributed by atoms with E-state index >= 15 is 0 Å².